The summed E-state index contributed by atoms with van der Waals surface area (Å²) in [5, 5.41) is 5.69. The van der Waals surface area contributed by atoms with Gasteiger partial charge in [0.2, 0.25) is 0 Å². The molecule has 0 spiro atoms. The van der Waals surface area contributed by atoms with Crippen molar-refractivity contribution in [3.63, 3.8) is 0 Å². The van der Waals surface area contributed by atoms with Crippen molar-refractivity contribution in [2.24, 2.45) is 0 Å². The lowest BCUT2D eigenvalue weighted by Crippen LogP contribution is -2.28. The molecule has 1 aromatic heterocycles. The summed E-state index contributed by atoms with van der Waals surface area (Å²) in [5.74, 6) is -1.53. The lowest BCUT2D eigenvalue weighted by molar-refractivity contribution is 0.251. The first-order chi connectivity index (χ1) is 12.8. The fraction of sp³-hybridized carbons (Fsp3) is 0.150. The number of carbonyl (C=O) groups is 1. The number of halogens is 3. The van der Waals surface area contributed by atoms with Gasteiger partial charge < -0.3 is 15.2 Å². The van der Waals surface area contributed by atoms with Gasteiger partial charge in [-0.3, -0.25) is 0 Å². The second-order valence-electron chi connectivity index (χ2n) is 6.14. The summed E-state index contributed by atoms with van der Waals surface area (Å²) >= 11 is 6.08. The van der Waals surface area contributed by atoms with Crippen molar-refractivity contribution in [1.82, 2.24) is 9.88 Å². The quantitative estimate of drug-likeness (QED) is 0.621. The summed E-state index contributed by atoms with van der Waals surface area (Å²) in [6, 6.07) is 11.9. The van der Waals surface area contributed by atoms with Gasteiger partial charge in [0.05, 0.1) is 5.69 Å². The normalized spacial score (nSPS) is 10.7. The number of carbonyl (C=O) groups excluding carboxylic acids is 1. The van der Waals surface area contributed by atoms with E-state index in [0.29, 0.717) is 11.1 Å². The molecule has 0 unspecified atom stereocenters. The number of benzene rings is 2. The van der Waals surface area contributed by atoms with Gasteiger partial charge in [-0.2, -0.15) is 0 Å². The lowest BCUT2D eigenvalue weighted by Gasteiger charge is -2.11. The third kappa shape index (κ3) is 4.28. The maximum atomic E-state index is 13.6. The Kier molecular flexibility index (Phi) is 5.46. The Bertz CT molecular complexity index is 1000. The summed E-state index contributed by atoms with van der Waals surface area (Å²) in [7, 11) is 0. The smallest absolute Gasteiger partial charge is 0.319 e. The number of anilines is 1. The van der Waals surface area contributed by atoms with Crippen LogP contribution in [0.4, 0.5) is 19.3 Å². The summed E-state index contributed by atoms with van der Waals surface area (Å²) in [5.41, 5.74) is 3.72. The lowest BCUT2D eigenvalue weighted by atomic mass is 10.2. The van der Waals surface area contributed by atoms with Gasteiger partial charge in [0.25, 0.3) is 0 Å². The number of hydrogen-bond donors (Lipinski definition) is 2. The van der Waals surface area contributed by atoms with Crippen molar-refractivity contribution in [2.45, 2.75) is 20.4 Å². The minimum absolute atomic E-state index is 0.0849. The molecule has 1 heterocycles. The Labute approximate surface area is 160 Å². The largest absolute Gasteiger partial charge is 0.334 e. The molecule has 2 N–H and O–H groups in total. The molecule has 0 atom stereocenters. The van der Waals surface area contributed by atoms with Crippen LogP contribution in [0.2, 0.25) is 5.02 Å². The van der Waals surface area contributed by atoms with E-state index in [1.54, 1.807) is 6.07 Å². The first kappa shape index (κ1) is 18.9. The van der Waals surface area contributed by atoms with E-state index in [4.69, 9.17) is 11.6 Å². The van der Waals surface area contributed by atoms with Gasteiger partial charge in [-0.05, 0) is 55.8 Å². The van der Waals surface area contributed by atoms with Crippen LogP contribution in [-0.2, 0) is 6.54 Å². The molecular formula is C20H18ClF2N3O. The van der Waals surface area contributed by atoms with Crippen LogP contribution in [0.5, 0.6) is 0 Å². The molecule has 27 heavy (non-hydrogen) atoms. The van der Waals surface area contributed by atoms with Gasteiger partial charge in [-0.25, -0.2) is 13.6 Å². The van der Waals surface area contributed by atoms with Crippen LogP contribution in [-0.4, -0.2) is 10.6 Å². The Morgan fingerprint density at radius 2 is 1.89 bits per heavy atom. The number of nitrogens with one attached hydrogen (secondary N) is 2. The molecule has 4 nitrogen and oxygen atoms in total. The van der Waals surface area contributed by atoms with E-state index in [-0.39, 0.29) is 12.2 Å². The van der Waals surface area contributed by atoms with Gasteiger partial charge in [0.1, 0.15) is 11.6 Å². The van der Waals surface area contributed by atoms with Gasteiger partial charge >= 0.3 is 6.03 Å². The average Bonchev–Trinajstić information content (AvgIpc) is 2.89. The van der Waals surface area contributed by atoms with Gasteiger partial charge in [-0.1, -0.05) is 17.7 Å². The van der Waals surface area contributed by atoms with Crippen LogP contribution in [0.1, 0.15) is 17.0 Å². The van der Waals surface area contributed by atoms with Crippen molar-refractivity contribution in [2.75, 3.05) is 5.32 Å². The van der Waals surface area contributed by atoms with E-state index in [9.17, 15) is 13.6 Å². The molecule has 0 aliphatic rings. The zero-order chi connectivity index (χ0) is 19.6. The minimum Gasteiger partial charge on any atom is -0.334 e. The van der Waals surface area contributed by atoms with E-state index >= 15 is 0 Å². The number of hydrogen-bond acceptors (Lipinski definition) is 1. The van der Waals surface area contributed by atoms with E-state index in [1.807, 2.05) is 42.7 Å². The third-order valence-electron chi connectivity index (χ3n) is 4.22. The topological polar surface area (TPSA) is 46.1 Å². The summed E-state index contributed by atoms with van der Waals surface area (Å²) in [6.45, 7) is 4.17. The molecule has 2 aromatic carbocycles. The highest BCUT2D eigenvalue weighted by molar-refractivity contribution is 6.30. The zero-order valence-corrected chi connectivity index (χ0v) is 15.6. The molecule has 0 saturated heterocycles. The second-order valence-corrected chi connectivity index (χ2v) is 6.58. The predicted molar refractivity (Wildman–Crippen MR) is 102 cm³/mol. The predicted octanol–water partition coefficient (Wildman–Crippen LogP) is 5.35. The Hall–Kier alpha value is -2.86. The van der Waals surface area contributed by atoms with E-state index in [1.165, 1.54) is 6.07 Å². The van der Waals surface area contributed by atoms with Gasteiger partial charge in [0, 0.05) is 34.7 Å². The summed E-state index contributed by atoms with van der Waals surface area (Å²) in [6.07, 6.45) is 0. The molecular weight excluding hydrogens is 372 g/mol. The molecule has 0 fully saturated rings. The number of aromatic nitrogens is 1. The average molecular weight is 390 g/mol. The molecule has 3 aromatic rings. The van der Waals surface area contributed by atoms with Crippen LogP contribution < -0.4 is 10.6 Å². The van der Waals surface area contributed by atoms with Crippen LogP contribution in [0.25, 0.3) is 5.69 Å². The van der Waals surface area contributed by atoms with Crippen molar-refractivity contribution >= 4 is 23.3 Å². The van der Waals surface area contributed by atoms with Crippen molar-refractivity contribution in [3.8, 4) is 5.69 Å². The summed E-state index contributed by atoms with van der Waals surface area (Å²) < 4.78 is 28.6. The molecule has 0 aliphatic carbocycles. The number of rotatable bonds is 4. The Balaban J connectivity index is 1.71. The van der Waals surface area contributed by atoms with Crippen molar-refractivity contribution in [3.05, 3.63) is 82.1 Å². The van der Waals surface area contributed by atoms with E-state index in [0.717, 1.165) is 28.7 Å². The fourth-order valence-electron chi connectivity index (χ4n) is 2.95. The van der Waals surface area contributed by atoms with Gasteiger partial charge in [0.15, 0.2) is 0 Å². The second kappa shape index (κ2) is 7.80. The van der Waals surface area contributed by atoms with Crippen LogP contribution in [0, 0.1) is 25.5 Å². The van der Waals surface area contributed by atoms with E-state index in [2.05, 4.69) is 10.6 Å². The van der Waals surface area contributed by atoms with Crippen molar-refractivity contribution in [1.29, 1.82) is 0 Å². The molecule has 140 valence electrons. The molecule has 2 amide bonds. The monoisotopic (exact) mass is 389 g/mol. The Morgan fingerprint density at radius 3 is 2.59 bits per heavy atom. The molecule has 7 heteroatoms. The van der Waals surface area contributed by atoms with Gasteiger partial charge in [-0.15, -0.1) is 0 Å². The highest BCUT2D eigenvalue weighted by atomic mass is 35.5. The molecule has 0 saturated carbocycles. The van der Waals surface area contributed by atoms with Crippen molar-refractivity contribution < 1.29 is 13.6 Å². The highest BCUT2D eigenvalue weighted by Crippen LogP contribution is 2.23. The number of nitrogens with zero attached hydrogens (tertiary/aromatic N) is 1. The molecule has 0 aliphatic heterocycles. The minimum atomic E-state index is -0.829. The number of aryl methyl sites for hydroxylation is 1. The van der Waals surface area contributed by atoms with Crippen LogP contribution >= 0.6 is 11.6 Å². The molecule has 0 bridgehead atoms. The molecule has 3 rings (SSSR count). The molecule has 0 radical (unpaired) electrons. The third-order valence-corrected chi connectivity index (χ3v) is 4.46. The Morgan fingerprint density at radius 1 is 1.11 bits per heavy atom. The summed E-state index contributed by atoms with van der Waals surface area (Å²) in [4.78, 5) is 12.0. The SMILES string of the molecule is Cc1cc(CNC(=O)Nc2ccc(F)cc2F)c(C)n1-c1cccc(Cl)c1. The maximum Gasteiger partial charge on any atom is 0.319 e. The fourth-order valence-corrected chi connectivity index (χ4v) is 3.14. The number of amides is 2. The van der Waals surface area contributed by atoms with Crippen LogP contribution in [0.3, 0.4) is 0 Å². The van der Waals surface area contributed by atoms with E-state index < -0.39 is 17.7 Å². The first-order valence-electron chi connectivity index (χ1n) is 8.29. The highest BCUT2D eigenvalue weighted by Gasteiger charge is 2.13. The zero-order valence-electron chi connectivity index (χ0n) is 14.8. The standard InChI is InChI=1S/C20H18ClF2N3O/c1-12-8-14(13(2)26(12)17-5-3-4-15(21)9-17)11-24-20(27)25-19-7-6-16(22)10-18(19)23/h3-10H,11H2,1-2H3,(H2,24,25,27). The first-order valence-corrected chi connectivity index (χ1v) is 8.66. The maximum absolute atomic E-state index is 13.6. The van der Waals surface area contributed by atoms with Crippen LogP contribution in [0.15, 0.2) is 48.5 Å². The number of urea groups is 1.